The Kier molecular flexibility index (Phi) is 10.1. The fourth-order valence-electron chi connectivity index (χ4n) is 4.33. The highest BCUT2D eigenvalue weighted by molar-refractivity contribution is 8.93. The van der Waals surface area contributed by atoms with Crippen molar-refractivity contribution in [1.82, 2.24) is 4.90 Å². The van der Waals surface area contributed by atoms with Crippen molar-refractivity contribution in [2.24, 2.45) is 0 Å². The smallest absolute Gasteiger partial charge is 0.306 e. The summed E-state index contributed by atoms with van der Waals surface area (Å²) in [5, 5.41) is 8.61. The van der Waals surface area contributed by atoms with Gasteiger partial charge in [0.05, 0.1) is 37.3 Å². The third-order valence-corrected chi connectivity index (χ3v) is 6.49. The van der Waals surface area contributed by atoms with Crippen LogP contribution in [0.25, 0.3) is 0 Å². The number of rotatable bonds is 10. The lowest BCUT2D eigenvalue weighted by atomic mass is 9.84. The number of anilines is 1. The molecule has 0 saturated carbocycles. The van der Waals surface area contributed by atoms with E-state index in [0.29, 0.717) is 29.0 Å². The molecular formula is C27H37BrFN3O6S. The first kappa shape index (κ1) is 32.4. The van der Waals surface area contributed by atoms with Crippen LogP contribution in [0.3, 0.4) is 0 Å². The van der Waals surface area contributed by atoms with Crippen LogP contribution in [0.5, 0.6) is 17.2 Å². The molecule has 0 unspecified atom stereocenters. The van der Waals surface area contributed by atoms with Gasteiger partial charge in [0.15, 0.2) is 28.8 Å². The molecular weight excluding hydrogens is 593 g/mol. The van der Waals surface area contributed by atoms with Crippen molar-refractivity contribution in [2.45, 2.75) is 46.6 Å². The van der Waals surface area contributed by atoms with Gasteiger partial charge in [-0.25, -0.2) is 4.39 Å². The van der Waals surface area contributed by atoms with Gasteiger partial charge in [0.1, 0.15) is 5.84 Å². The molecule has 2 aromatic carbocycles. The molecule has 0 aliphatic carbocycles. The first-order chi connectivity index (χ1) is 17.6. The Labute approximate surface area is 240 Å². The quantitative estimate of drug-likeness (QED) is 0.291. The fourth-order valence-corrected chi connectivity index (χ4v) is 4.80. The van der Waals surface area contributed by atoms with Crippen LogP contribution in [-0.4, -0.2) is 65.0 Å². The minimum absolute atomic E-state index is 0. The van der Waals surface area contributed by atoms with E-state index in [2.05, 4.69) is 0 Å². The molecule has 1 aliphatic heterocycles. The van der Waals surface area contributed by atoms with Crippen LogP contribution in [0.15, 0.2) is 18.2 Å². The topological polar surface area (TPSA) is 109 Å². The average molecular weight is 631 g/mol. The van der Waals surface area contributed by atoms with Gasteiger partial charge in [-0.15, -0.1) is 17.0 Å². The second kappa shape index (κ2) is 12.1. The number of amidine groups is 1. The number of halogens is 2. The maximum absolute atomic E-state index is 15.4. The van der Waals surface area contributed by atoms with E-state index >= 15 is 4.39 Å². The van der Waals surface area contributed by atoms with Crippen molar-refractivity contribution in [2.75, 3.05) is 45.0 Å². The summed E-state index contributed by atoms with van der Waals surface area (Å²) in [6.45, 7) is 9.74. The number of ketones is 1. The maximum Gasteiger partial charge on any atom is 0.306 e. The minimum Gasteiger partial charge on any atom is -0.490 e. The molecule has 216 valence electrons. The maximum atomic E-state index is 15.4. The van der Waals surface area contributed by atoms with Gasteiger partial charge in [-0.1, -0.05) is 20.8 Å². The zero-order valence-electron chi connectivity index (χ0n) is 23.6. The van der Waals surface area contributed by atoms with Crippen LogP contribution < -0.4 is 18.6 Å². The van der Waals surface area contributed by atoms with E-state index in [1.54, 1.807) is 51.0 Å². The molecule has 1 N–H and O–H groups in total. The molecule has 0 atom stereocenters. The van der Waals surface area contributed by atoms with Crippen LogP contribution in [0.1, 0.15) is 61.7 Å². The number of Topliss-reactive ketones (excluding diaryl/α,β-unsaturated/α-hetero) is 1. The number of carbonyl (C=O) groups excluding carboxylic acids is 1. The van der Waals surface area contributed by atoms with Crippen LogP contribution in [-0.2, 0) is 22.1 Å². The van der Waals surface area contributed by atoms with Gasteiger partial charge in [-0.2, -0.15) is 8.42 Å². The molecule has 0 spiro atoms. The van der Waals surface area contributed by atoms with E-state index in [-0.39, 0.29) is 71.1 Å². The van der Waals surface area contributed by atoms with Crippen LogP contribution in [0, 0.1) is 11.2 Å². The zero-order valence-corrected chi connectivity index (χ0v) is 26.1. The van der Waals surface area contributed by atoms with E-state index in [4.69, 9.17) is 19.1 Å². The van der Waals surface area contributed by atoms with Gasteiger partial charge in [-0.3, -0.25) is 10.2 Å². The molecule has 0 amide bonds. The number of hydrogen-bond donors (Lipinski definition) is 1. The second-order valence-corrected chi connectivity index (χ2v) is 11.9. The first-order valence-electron chi connectivity index (χ1n) is 12.3. The largest absolute Gasteiger partial charge is 0.490 e. The third kappa shape index (κ3) is 7.02. The number of nitrogens with zero attached hydrogens (tertiary/aromatic N) is 2. The lowest BCUT2D eigenvalue weighted by Gasteiger charge is -2.27. The number of benzene rings is 2. The molecule has 1 heterocycles. The number of ether oxygens (including phenoxy) is 2. The fraction of sp³-hybridized carbons (Fsp3) is 0.481. The number of carbonyl (C=O) groups is 1. The summed E-state index contributed by atoms with van der Waals surface area (Å²) in [5.74, 6) is -0.721. The van der Waals surface area contributed by atoms with E-state index in [1.807, 2.05) is 20.8 Å². The summed E-state index contributed by atoms with van der Waals surface area (Å²) < 4.78 is 55.8. The lowest BCUT2D eigenvalue weighted by molar-refractivity contribution is 0.0962. The normalized spacial score (nSPS) is 13.1. The van der Waals surface area contributed by atoms with Crippen molar-refractivity contribution >= 4 is 44.4 Å². The third-order valence-electron chi connectivity index (χ3n) is 6.02. The molecule has 0 bridgehead atoms. The summed E-state index contributed by atoms with van der Waals surface area (Å²) in [7, 11) is -0.372. The minimum atomic E-state index is -3.83. The molecule has 2 aromatic rings. The first-order valence-corrected chi connectivity index (χ1v) is 14.1. The molecule has 1 aliphatic rings. The highest BCUT2D eigenvalue weighted by atomic mass is 79.9. The molecule has 12 heteroatoms. The Bertz CT molecular complexity index is 1370. The summed E-state index contributed by atoms with van der Waals surface area (Å²) in [6.07, 6.45) is 0.974. The standard InChI is InChI=1S/C27H36FN3O6S.BrH/c1-9-35-21-13-17-14-31(26(29)22(17)23(28)25(21)36-10-2)15-20(32)16-11-18(27(3,4)5)24(37-38(8,33)34)19(12-16)30(6)7;/h11-13,29H,9-10,14-15H2,1-8H3;1H. The number of fused-ring (bicyclic) bond motifs is 1. The molecule has 0 saturated heterocycles. The highest BCUT2D eigenvalue weighted by Gasteiger charge is 2.34. The van der Waals surface area contributed by atoms with Crippen LogP contribution >= 0.6 is 17.0 Å². The second-order valence-electron chi connectivity index (χ2n) is 10.3. The summed E-state index contributed by atoms with van der Waals surface area (Å²) in [6, 6.07) is 4.86. The van der Waals surface area contributed by atoms with E-state index in [1.165, 1.54) is 4.90 Å². The van der Waals surface area contributed by atoms with Crippen molar-refractivity contribution < 1.29 is 31.3 Å². The monoisotopic (exact) mass is 629 g/mol. The lowest BCUT2D eigenvalue weighted by Crippen LogP contribution is -2.31. The Morgan fingerprint density at radius 2 is 1.72 bits per heavy atom. The van der Waals surface area contributed by atoms with Gasteiger partial charge in [0, 0.05) is 31.8 Å². The number of nitrogens with one attached hydrogen (secondary N) is 1. The van der Waals surface area contributed by atoms with E-state index in [9.17, 15) is 13.2 Å². The summed E-state index contributed by atoms with van der Waals surface area (Å²) >= 11 is 0. The van der Waals surface area contributed by atoms with Gasteiger partial charge in [0.25, 0.3) is 0 Å². The Morgan fingerprint density at radius 1 is 1.10 bits per heavy atom. The SMILES string of the molecule is Br.CCOc1cc2c(c(F)c1OCC)C(=N)N(CC(=O)c1cc(N(C)C)c(OS(C)(=O)=O)c(C(C)(C)C)c1)C2. The van der Waals surface area contributed by atoms with Crippen molar-refractivity contribution in [3.63, 3.8) is 0 Å². The molecule has 0 aromatic heterocycles. The summed E-state index contributed by atoms with van der Waals surface area (Å²) in [4.78, 5) is 16.7. The number of hydrogen-bond acceptors (Lipinski definition) is 8. The Morgan fingerprint density at radius 3 is 2.23 bits per heavy atom. The predicted molar refractivity (Wildman–Crippen MR) is 156 cm³/mol. The van der Waals surface area contributed by atoms with Gasteiger partial charge in [0.2, 0.25) is 0 Å². The van der Waals surface area contributed by atoms with E-state index in [0.717, 1.165) is 6.26 Å². The molecule has 9 nitrogen and oxygen atoms in total. The van der Waals surface area contributed by atoms with Crippen molar-refractivity contribution in [3.8, 4) is 17.2 Å². The molecule has 39 heavy (non-hydrogen) atoms. The van der Waals surface area contributed by atoms with Gasteiger partial charge < -0.3 is 23.5 Å². The van der Waals surface area contributed by atoms with Crippen LogP contribution in [0.4, 0.5) is 10.1 Å². The molecule has 3 rings (SSSR count). The van der Waals surface area contributed by atoms with Crippen LogP contribution in [0.2, 0.25) is 0 Å². The molecule has 0 radical (unpaired) electrons. The van der Waals surface area contributed by atoms with Crippen molar-refractivity contribution in [1.29, 1.82) is 5.41 Å². The zero-order chi connectivity index (χ0) is 28.6. The Hall–Kier alpha value is -2.86. The molecule has 0 fully saturated rings. The average Bonchev–Trinajstić information content (AvgIpc) is 3.09. The van der Waals surface area contributed by atoms with Gasteiger partial charge in [-0.05, 0) is 43.0 Å². The van der Waals surface area contributed by atoms with Gasteiger partial charge >= 0.3 is 10.1 Å². The van der Waals surface area contributed by atoms with E-state index < -0.39 is 21.4 Å². The summed E-state index contributed by atoms with van der Waals surface area (Å²) in [5.41, 5.74) is 1.38. The highest BCUT2D eigenvalue weighted by Crippen LogP contribution is 2.41. The Balaban J connectivity index is 0.00000533. The predicted octanol–water partition coefficient (Wildman–Crippen LogP) is 4.93. The van der Waals surface area contributed by atoms with Crippen molar-refractivity contribution in [3.05, 3.63) is 46.3 Å².